The molecule has 5 nitrogen and oxygen atoms in total. The summed E-state index contributed by atoms with van der Waals surface area (Å²) in [5.74, 6) is -2.01. The Balaban J connectivity index is 1.32. The van der Waals surface area contributed by atoms with Crippen molar-refractivity contribution in [3.8, 4) is 11.1 Å². The van der Waals surface area contributed by atoms with Gasteiger partial charge in [0.1, 0.15) is 6.61 Å². The summed E-state index contributed by atoms with van der Waals surface area (Å²) >= 11 is 0. The average Bonchev–Trinajstić information content (AvgIpc) is 3.12. The largest absolute Gasteiger partial charge is 0.471 e. The minimum absolute atomic E-state index is 0.0473. The van der Waals surface area contributed by atoms with Gasteiger partial charge in [-0.2, -0.15) is 13.2 Å². The number of anilines is 1. The SMILES string of the molecule is C[C@H](Cc1ccc(NC(=O)OCC2c3ccccc3-c3ccccc32)cc1)NC(=O)C(F)(F)F. The number of nitrogens with one attached hydrogen (secondary N) is 2. The standard InChI is InChI=1S/C26H23F3N2O3/c1-16(30-24(32)26(27,28)29)14-17-10-12-18(13-11-17)31-25(33)34-15-23-21-8-4-2-6-19(21)20-7-3-5-9-22(20)23/h2-13,16,23H,14-15H2,1H3,(H,30,32)(H,31,33)/t16-/m1/s1. The zero-order valence-corrected chi connectivity index (χ0v) is 18.4. The number of rotatable bonds is 6. The number of halogens is 3. The van der Waals surface area contributed by atoms with Crippen molar-refractivity contribution >= 4 is 17.7 Å². The molecule has 0 radical (unpaired) electrons. The summed E-state index contributed by atoms with van der Waals surface area (Å²) in [5.41, 5.74) is 5.73. The Morgan fingerprint density at radius 3 is 2.03 bits per heavy atom. The molecule has 0 aromatic heterocycles. The molecule has 3 aromatic rings. The highest BCUT2D eigenvalue weighted by Gasteiger charge is 2.39. The summed E-state index contributed by atoms with van der Waals surface area (Å²) in [5, 5.41) is 4.59. The first-order valence-electron chi connectivity index (χ1n) is 10.8. The number of alkyl halides is 3. The van der Waals surface area contributed by atoms with Crippen molar-refractivity contribution in [1.82, 2.24) is 5.32 Å². The van der Waals surface area contributed by atoms with Gasteiger partial charge in [-0.25, -0.2) is 4.79 Å². The van der Waals surface area contributed by atoms with Crippen molar-refractivity contribution < 1.29 is 27.5 Å². The van der Waals surface area contributed by atoms with Gasteiger partial charge in [-0.05, 0) is 53.3 Å². The molecule has 0 bridgehead atoms. The van der Waals surface area contributed by atoms with Crippen LogP contribution in [0.3, 0.4) is 0 Å². The molecule has 2 amide bonds. The van der Waals surface area contributed by atoms with Gasteiger partial charge < -0.3 is 10.1 Å². The Labute approximate surface area is 194 Å². The Morgan fingerprint density at radius 2 is 1.47 bits per heavy atom. The van der Waals surface area contributed by atoms with Crippen LogP contribution in [0.4, 0.5) is 23.7 Å². The molecule has 0 saturated carbocycles. The third-order valence-electron chi connectivity index (χ3n) is 5.72. The summed E-state index contributed by atoms with van der Waals surface area (Å²) in [6.07, 6.45) is -5.29. The molecule has 0 saturated heterocycles. The molecule has 4 rings (SSSR count). The molecule has 2 N–H and O–H groups in total. The molecule has 3 aromatic carbocycles. The van der Waals surface area contributed by atoms with E-state index in [0.717, 1.165) is 22.3 Å². The van der Waals surface area contributed by atoms with Crippen molar-refractivity contribution in [2.75, 3.05) is 11.9 Å². The predicted molar refractivity (Wildman–Crippen MR) is 122 cm³/mol. The lowest BCUT2D eigenvalue weighted by Crippen LogP contribution is -2.42. The second kappa shape index (κ2) is 9.59. The fraction of sp³-hybridized carbons (Fsp3) is 0.231. The summed E-state index contributed by atoms with van der Waals surface area (Å²) in [6, 6.07) is 22.0. The zero-order chi connectivity index (χ0) is 24.3. The van der Waals surface area contributed by atoms with Crippen molar-refractivity contribution in [2.45, 2.75) is 31.5 Å². The van der Waals surface area contributed by atoms with E-state index >= 15 is 0 Å². The van der Waals surface area contributed by atoms with Crippen molar-refractivity contribution in [3.05, 3.63) is 89.5 Å². The second-order valence-electron chi connectivity index (χ2n) is 8.22. The quantitative estimate of drug-likeness (QED) is 0.491. The molecular weight excluding hydrogens is 445 g/mol. The lowest BCUT2D eigenvalue weighted by Gasteiger charge is -2.16. The fourth-order valence-electron chi connectivity index (χ4n) is 4.19. The van der Waals surface area contributed by atoms with E-state index in [9.17, 15) is 22.8 Å². The van der Waals surface area contributed by atoms with Gasteiger partial charge in [-0.1, -0.05) is 60.7 Å². The van der Waals surface area contributed by atoms with Gasteiger partial charge in [-0.3, -0.25) is 10.1 Å². The highest BCUT2D eigenvalue weighted by molar-refractivity contribution is 5.85. The first-order valence-corrected chi connectivity index (χ1v) is 10.8. The summed E-state index contributed by atoms with van der Waals surface area (Å²) in [6.45, 7) is 1.68. The maximum absolute atomic E-state index is 12.4. The van der Waals surface area contributed by atoms with Crippen molar-refractivity contribution in [2.24, 2.45) is 0 Å². The lowest BCUT2D eigenvalue weighted by molar-refractivity contribution is -0.174. The van der Waals surface area contributed by atoms with E-state index < -0.39 is 24.2 Å². The van der Waals surface area contributed by atoms with Gasteiger partial charge in [0, 0.05) is 17.6 Å². The molecule has 1 aliphatic rings. The van der Waals surface area contributed by atoms with E-state index in [2.05, 4.69) is 17.4 Å². The maximum atomic E-state index is 12.4. The van der Waals surface area contributed by atoms with Crippen LogP contribution in [0.15, 0.2) is 72.8 Å². The van der Waals surface area contributed by atoms with Crippen molar-refractivity contribution in [1.29, 1.82) is 0 Å². The van der Waals surface area contributed by atoms with E-state index in [1.54, 1.807) is 24.3 Å². The smallest absolute Gasteiger partial charge is 0.448 e. The topological polar surface area (TPSA) is 67.4 Å². The van der Waals surface area contributed by atoms with E-state index in [-0.39, 0.29) is 18.9 Å². The van der Waals surface area contributed by atoms with Gasteiger partial charge in [0.15, 0.2) is 0 Å². The van der Waals surface area contributed by atoms with Crippen LogP contribution < -0.4 is 10.6 Å². The number of ether oxygens (including phenoxy) is 1. The number of carbonyl (C=O) groups is 2. The van der Waals surface area contributed by atoms with Crippen LogP contribution in [0.25, 0.3) is 11.1 Å². The third kappa shape index (κ3) is 5.22. The van der Waals surface area contributed by atoms with Gasteiger partial charge in [0.2, 0.25) is 0 Å². The van der Waals surface area contributed by atoms with Crippen LogP contribution in [0, 0.1) is 0 Å². The van der Waals surface area contributed by atoms with Crippen LogP contribution >= 0.6 is 0 Å². The zero-order valence-electron chi connectivity index (χ0n) is 18.4. The van der Waals surface area contributed by atoms with Crippen LogP contribution in [0.2, 0.25) is 0 Å². The minimum Gasteiger partial charge on any atom is -0.448 e. The predicted octanol–water partition coefficient (Wildman–Crippen LogP) is 5.66. The van der Waals surface area contributed by atoms with E-state index in [0.29, 0.717) is 11.3 Å². The first kappa shape index (κ1) is 23.4. The summed E-state index contributed by atoms with van der Waals surface area (Å²) in [7, 11) is 0. The molecule has 8 heteroatoms. The van der Waals surface area contributed by atoms with E-state index in [1.807, 2.05) is 41.7 Å². The van der Waals surface area contributed by atoms with Gasteiger partial charge in [0.05, 0.1) is 0 Å². The normalized spacial score (nSPS) is 13.5. The lowest BCUT2D eigenvalue weighted by atomic mass is 9.98. The molecule has 0 heterocycles. The molecule has 1 atom stereocenters. The summed E-state index contributed by atoms with van der Waals surface area (Å²) < 4.78 is 42.6. The number of benzene rings is 3. The molecule has 34 heavy (non-hydrogen) atoms. The molecule has 0 fully saturated rings. The molecule has 1 aliphatic carbocycles. The molecule has 176 valence electrons. The minimum atomic E-state index is -4.91. The number of hydrogen-bond donors (Lipinski definition) is 2. The van der Waals surface area contributed by atoms with Crippen LogP contribution in [0.1, 0.15) is 29.5 Å². The fourth-order valence-corrected chi connectivity index (χ4v) is 4.19. The number of fused-ring (bicyclic) bond motifs is 3. The van der Waals surface area contributed by atoms with Gasteiger partial charge in [-0.15, -0.1) is 0 Å². The first-order chi connectivity index (χ1) is 16.2. The number of carbonyl (C=O) groups excluding carboxylic acids is 2. The average molecular weight is 468 g/mol. The monoisotopic (exact) mass is 468 g/mol. The van der Waals surface area contributed by atoms with Gasteiger partial charge >= 0.3 is 18.2 Å². The highest BCUT2D eigenvalue weighted by atomic mass is 19.4. The molecule has 0 unspecified atom stereocenters. The van der Waals surface area contributed by atoms with E-state index in [4.69, 9.17) is 4.74 Å². The van der Waals surface area contributed by atoms with Crippen LogP contribution in [-0.2, 0) is 16.0 Å². The van der Waals surface area contributed by atoms with Crippen LogP contribution in [-0.4, -0.2) is 30.8 Å². The maximum Gasteiger partial charge on any atom is 0.471 e. The molecular formula is C26H23F3N2O3. The molecule has 0 spiro atoms. The number of amides is 2. The number of hydrogen-bond acceptors (Lipinski definition) is 3. The second-order valence-corrected chi connectivity index (χ2v) is 8.22. The van der Waals surface area contributed by atoms with Crippen molar-refractivity contribution in [3.63, 3.8) is 0 Å². The Kier molecular flexibility index (Phi) is 6.58. The summed E-state index contributed by atoms with van der Waals surface area (Å²) in [4.78, 5) is 23.4. The Bertz CT molecular complexity index is 1150. The Hall–Kier alpha value is -3.81. The van der Waals surface area contributed by atoms with E-state index in [1.165, 1.54) is 6.92 Å². The highest BCUT2D eigenvalue weighted by Crippen LogP contribution is 2.44. The third-order valence-corrected chi connectivity index (χ3v) is 5.72. The van der Waals surface area contributed by atoms with Gasteiger partial charge in [0.25, 0.3) is 0 Å². The Morgan fingerprint density at radius 1 is 0.912 bits per heavy atom. The molecule has 0 aliphatic heterocycles. The van der Waals surface area contributed by atoms with Crippen LogP contribution in [0.5, 0.6) is 0 Å².